The summed E-state index contributed by atoms with van der Waals surface area (Å²) in [5.74, 6) is -1.55. The summed E-state index contributed by atoms with van der Waals surface area (Å²) in [6, 6.07) is 0. The number of hydrogen-bond donors (Lipinski definition) is 0. The normalized spacial score (nSPS) is 23.7. The van der Waals surface area contributed by atoms with E-state index in [9.17, 15) is 14.0 Å². The molecule has 4 heteroatoms. The van der Waals surface area contributed by atoms with Crippen molar-refractivity contribution in [1.29, 1.82) is 0 Å². The Balaban J connectivity index is 2.61. The number of Topliss-reactive ketones (excluding diaryl/α,β-unsaturated/α-hetero) is 2. The van der Waals surface area contributed by atoms with E-state index in [4.69, 9.17) is 4.74 Å². The highest BCUT2D eigenvalue weighted by atomic mass is 19.1. The molecule has 1 saturated heterocycles. The molecule has 0 aromatic rings. The fourth-order valence-corrected chi connectivity index (χ4v) is 1.92. The van der Waals surface area contributed by atoms with Gasteiger partial charge >= 0.3 is 0 Å². The van der Waals surface area contributed by atoms with Crippen LogP contribution >= 0.6 is 0 Å². The minimum atomic E-state index is -0.945. The van der Waals surface area contributed by atoms with Crippen molar-refractivity contribution < 1.29 is 18.7 Å². The lowest BCUT2D eigenvalue weighted by Gasteiger charge is -2.21. The van der Waals surface area contributed by atoms with Gasteiger partial charge < -0.3 is 4.74 Å². The van der Waals surface area contributed by atoms with Crippen LogP contribution in [0.3, 0.4) is 0 Å². The first-order valence-corrected chi connectivity index (χ1v) is 6.06. The van der Waals surface area contributed by atoms with Crippen molar-refractivity contribution >= 4 is 11.6 Å². The quantitative estimate of drug-likeness (QED) is 0.561. The first-order chi connectivity index (χ1) is 7.97. The van der Waals surface area contributed by atoms with Crippen LogP contribution in [0.4, 0.5) is 4.39 Å². The van der Waals surface area contributed by atoms with Crippen LogP contribution < -0.4 is 0 Å². The van der Waals surface area contributed by atoms with E-state index in [1.165, 1.54) is 0 Å². The number of ketones is 2. The average Bonchev–Trinajstić information content (AvgIpc) is 2.92. The first-order valence-electron chi connectivity index (χ1n) is 6.06. The maximum absolute atomic E-state index is 12.9. The zero-order valence-corrected chi connectivity index (χ0v) is 11.7. The number of carbonyl (C=O) groups excluding carboxylic acids is 2. The van der Waals surface area contributed by atoms with Gasteiger partial charge in [-0.1, -0.05) is 41.2 Å². The minimum absolute atomic E-state index is 0.0230. The van der Waals surface area contributed by atoms with E-state index in [0.29, 0.717) is 6.42 Å². The summed E-state index contributed by atoms with van der Waals surface area (Å²) >= 11 is 0. The third-order valence-electron chi connectivity index (χ3n) is 3.15. The van der Waals surface area contributed by atoms with Crippen LogP contribution in [0.2, 0.25) is 0 Å². The molecule has 0 spiro atoms. The van der Waals surface area contributed by atoms with Crippen molar-refractivity contribution in [2.75, 3.05) is 0 Å². The molecule has 1 rings (SSSR count). The van der Waals surface area contributed by atoms with Crippen LogP contribution in [0, 0.1) is 10.8 Å². The van der Waals surface area contributed by atoms with Crippen molar-refractivity contribution in [3.63, 3.8) is 0 Å². The van der Waals surface area contributed by atoms with Gasteiger partial charge in [0, 0.05) is 10.8 Å². The summed E-state index contributed by atoms with van der Waals surface area (Å²) in [4.78, 5) is 23.5. The number of ether oxygens (including phenoxy) is 1. The average molecular weight is 256 g/mol. The molecular formula is C14H21FO3. The van der Waals surface area contributed by atoms with Crippen LogP contribution in [0.5, 0.6) is 0 Å². The number of carbonyl (C=O) groups is 2. The van der Waals surface area contributed by atoms with E-state index in [1.807, 2.05) is 20.8 Å². The highest BCUT2D eigenvalue weighted by molar-refractivity contribution is 5.97. The molecule has 0 bridgehead atoms. The molecule has 1 fully saturated rings. The third-order valence-corrected chi connectivity index (χ3v) is 3.15. The lowest BCUT2D eigenvalue weighted by molar-refractivity contribution is -0.127. The van der Waals surface area contributed by atoms with Gasteiger partial charge in [-0.25, -0.2) is 4.39 Å². The largest absolute Gasteiger partial charge is 0.361 e. The number of halogens is 1. The highest BCUT2D eigenvalue weighted by Crippen LogP contribution is 2.39. The van der Waals surface area contributed by atoms with Crippen molar-refractivity contribution in [1.82, 2.24) is 0 Å². The van der Waals surface area contributed by atoms with E-state index in [0.717, 1.165) is 0 Å². The summed E-state index contributed by atoms with van der Waals surface area (Å²) in [5, 5.41) is 0. The highest BCUT2D eigenvalue weighted by Gasteiger charge is 2.51. The molecule has 3 nitrogen and oxygen atoms in total. The Labute approximate surface area is 107 Å². The molecule has 0 radical (unpaired) electrons. The lowest BCUT2D eigenvalue weighted by Crippen LogP contribution is -2.30. The number of epoxide rings is 1. The predicted octanol–water partition coefficient (Wildman–Crippen LogP) is 2.84. The summed E-state index contributed by atoms with van der Waals surface area (Å²) in [6.07, 6.45) is -0.402. The molecule has 1 aliphatic rings. The summed E-state index contributed by atoms with van der Waals surface area (Å²) in [5.41, 5.74) is -1.35. The molecule has 0 saturated carbocycles. The van der Waals surface area contributed by atoms with Gasteiger partial charge in [-0.15, -0.1) is 0 Å². The monoisotopic (exact) mass is 256 g/mol. The number of rotatable bonds is 5. The van der Waals surface area contributed by atoms with E-state index >= 15 is 0 Å². The first kappa shape index (κ1) is 15.0. The molecule has 2 unspecified atom stereocenters. The number of allylic oxidation sites excluding steroid dienone is 1. The van der Waals surface area contributed by atoms with Crippen LogP contribution in [0.15, 0.2) is 12.4 Å². The van der Waals surface area contributed by atoms with Gasteiger partial charge in [-0.3, -0.25) is 9.59 Å². The fourth-order valence-electron chi connectivity index (χ4n) is 1.92. The second kappa shape index (κ2) is 4.57. The maximum atomic E-state index is 12.9. The molecule has 102 valence electrons. The van der Waals surface area contributed by atoms with Gasteiger partial charge in [0.2, 0.25) is 0 Å². The van der Waals surface area contributed by atoms with Crippen molar-refractivity contribution in [2.45, 2.75) is 53.2 Å². The molecule has 1 heterocycles. The van der Waals surface area contributed by atoms with Crippen LogP contribution in [0.1, 0.15) is 41.0 Å². The van der Waals surface area contributed by atoms with Gasteiger partial charge in [0.25, 0.3) is 0 Å². The molecule has 18 heavy (non-hydrogen) atoms. The van der Waals surface area contributed by atoms with Gasteiger partial charge in [0.05, 0.1) is 6.10 Å². The second-order valence-corrected chi connectivity index (χ2v) is 6.53. The zero-order valence-electron chi connectivity index (χ0n) is 11.7. The van der Waals surface area contributed by atoms with Crippen molar-refractivity contribution in [3.05, 3.63) is 12.4 Å². The van der Waals surface area contributed by atoms with Crippen LogP contribution in [0.25, 0.3) is 0 Å². The Morgan fingerprint density at radius 3 is 2.11 bits per heavy atom. The van der Waals surface area contributed by atoms with E-state index in [-0.39, 0.29) is 11.9 Å². The Bertz CT molecular complexity index is 390. The van der Waals surface area contributed by atoms with Gasteiger partial charge in [0.15, 0.2) is 17.4 Å². The smallest absolute Gasteiger partial charge is 0.196 e. The SMILES string of the molecule is C=C(F)C(=O)C(C)(C)CC1OC1C(=O)C(C)(C)C. The minimum Gasteiger partial charge on any atom is -0.361 e. The topological polar surface area (TPSA) is 46.7 Å². The van der Waals surface area contributed by atoms with Crippen LogP contribution in [-0.2, 0) is 14.3 Å². The van der Waals surface area contributed by atoms with Crippen LogP contribution in [-0.4, -0.2) is 23.8 Å². The summed E-state index contributed by atoms with van der Waals surface area (Å²) in [6.45, 7) is 11.8. The van der Waals surface area contributed by atoms with Crippen molar-refractivity contribution in [2.24, 2.45) is 10.8 Å². The Hall–Kier alpha value is -1.03. The fraction of sp³-hybridized carbons (Fsp3) is 0.714. The molecule has 1 aliphatic heterocycles. The number of hydrogen-bond acceptors (Lipinski definition) is 3. The van der Waals surface area contributed by atoms with Gasteiger partial charge in [0.1, 0.15) is 6.10 Å². The standard InChI is InChI=1S/C14H21FO3/c1-8(15)11(16)14(5,6)7-9-10(18-9)12(17)13(2,3)4/h9-10H,1,7H2,2-6H3. The molecule has 2 atom stereocenters. The summed E-state index contributed by atoms with van der Waals surface area (Å²) < 4.78 is 18.2. The molecule has 0 N–H and O–H groups in total. The second-order valence-electron chi connectivity index (χ2n) is 6.53. The predicted molar refractivity (Wildman–Crippen MR) is 66.8 cm³/mol. The molecule has 0 aromatic heterocycles. The van der Waals surface area contributed by atoms with Crippen molar-refractivity contribution in [3.8, 4) is 0 Å². The van der Waals surface area contributed by atoms with E-state index in [1.54, 1.807) is 13.8 Å². The van der Waals surface area contributed by atoms with Gasteiger partial charge in [-0.2, -0.15) is 0 Å². The Morgan fingerprint density at radius 1 is 1.22 bits per heavy atom. The zero-order chi connectivity index (χ0) is 14.3. The summed E-state index contributed by atoms with van der Waals surface area (Å²) in [7, 11) is 0. The Morgan fingerprint density at radius 2 is 1.72 bits per heavy atom. The Kier molecular flexibility index (Phi) is 3.82. The molecule has 0 amide bonds. The maximum Gasteiger partial charge on any atom is 0.196 e. The molecular weight excluding hydrogens is 235 g/mol. The van der Waals surface area contributed by atoms with Gasteiger partial charge in [-0.05, 0) is 6.42 Å². The molecule has 0 aromatic carbocycles. The third kappa shape index (κ3) is 3.25. The lowest BCUT2D eigenvalue weighted by atomic mass is 9.80. The van der Waals surface area contributed by atoms with E-state index in [2.05, 4.69) is 6.58 Å². The van der Waals surface area contributed by atoms with E-state index < -0.39 is 28.5 Å². The molecule has 0 aliphatic carbocycles.